The fourth-order valence-electron chi connectivity index (χ4n) is 2.50. The van der Waals surface area contributed by atoms with Crippen LogP contribution in [-0.4, -0.2) is 29.2 Å². The van der Waals surface area contributed by atoms with Gasteiger partial charge in [-0.2, -0.15) is 0 Å². The second-order valence-electron chi connectivity index (χ2n) is 5.41. The summed E-state index contributed by atoms with van der Waals surface area (Å²) in [4.78, 5) is 23.0. The molecule has 1 aromatic carbocycles. The van der Waals surface area contributed by atoms with Crippen LogP contribution in [0.4, 0.5) is 0 Å². The van der Waals surface area contributed by atoms with Crippen molar-refractivity contribution in [1.82, 2.24) is 5.32 Å². The number of carboxylic acids is 1. The van der Waals surface area contributed by atoms with Crippen molar-refractivity contribution in [3.8, 4) is 0 Å². The summed E-state index contributed by atoms with van der Waals surface area (Å²) in [5.41, 5.74) is 2.22. The van der Waals surface area contributed by atoms with Crippen LogP contribution in [0.15, 0.2) is 24.3 Å². The van der Waals surface area contributed by atoms with E-state index in [4.69, 9.17) is 9.84 Å². The molecule has 3 unspecified atom stereocenters. The molecule has 0 bridgehead atoms. The summed E-state index contributed by atoms with van der Waals surface area (Å²) < 4.78 is 5.27. The zero-order chi connectivity index (χ0) is 15.4. The summed E-state index contributed by atoms with van der Waals surface area (Å²) in [5.74, 6) is -1.23. The van der Waals surface area contributed by atoms with E-state index in [0.29, 0.717) is 12.8 Å². The van der Waals surface area contributed by atoms with Gasteiger partial charge in [0.1, 0.15) is 6.10 Å². The van der Waals surface area contributed by atoms with Crippen molar-refractivity contribution in [2.75, 3.05) is 0 Å². The molecule has 5 nitrogen and oxygen atoms in total. The molecule has 2 rings (SSSR count). The molecule has 1 fully saturated rings. The summed E-state index contributed by atoms with van der Waals surface area (Å²) in [7, 11) is 0. The summed E-state index contributed by atoms with van der Waals surface area (Å²) in [6, 6.07) is 7.94. The first-order chi connectivity index (χ1) is 10.0. The van der Waals surface area contributed by atoms with E-state index in [0.717, 1.165) is 12.0 Å². The highest BCUT2D eigenvalue weighted by Gasteiger charge is 2.35. The highest BCUT2D eigenvalue weighted by atomic mass is 16.5. The molecule has 0 spiro atoms. The predicted octanol–water partition coefficient (Wildman–Crippen LogP) is 2.19. The van der Waals surface area contributed by atoms with Gasteiger partial charge < -0.3 is 15.2 Å². The van der Waals surface area contributed by atoms with E-state index < -0.39 is 18.2 Å². The van der Waals surface area contributed by atoms with Crippen molar-refractivity contribution in [1.29, 1.82) is 0 Å². The van der Waals surface area contributed by atoms with Gasteiger partial charge in [0.2, 0.25) is 5.91 Å². The molecule has 114 valence electrons. The molecule has 0 radical (unpaired) electrons. The number of carboxylic acid groups (broad SMARTS) is 1. The van der Waals surface area contributed by atoms with Gasteiger partial charge in [0.05, 0.1) is 6.04 Å². The van der Waals surface area contributed by atoms with Crippen LogP contribution in [0, 0.1) is 6.92 Å². The first kappa shape index (κ1) is 15.5. The van der Waals surface area contributed by atoms with Crippen LogP contribution in [0.5, 0.6) is 0 Å². The third-order valence-corrected chi connectivity index (χ3v) is 3.79. The van der Waals surface area contributed by atoms with Gasteiger partial charge in [-0.3, -0.25) is 4.79 Å². The highest BCUT2D eigenvalue weighted by molar-refractivity contribution is 5.83. The molecule has 1 aliphatic rings. The van der Waals surface area contributed by atoms with Gasteiger partial charge >= 0.3 is 5.97 Å². The molecule has 3 atom stereocenters. The lowest BCUT2D eigenvalue weighted by molar-refractivity contribution is -0.151. The molecule has 1 amide bonds. The number of ether oxygens (including phenoxy) is 1. The topological polar surface area (TPSA) is 75.6 Å². The fraction of sp³-hybridized carbons (Fsp3) is 0.500. The number of aryl methyl sites for hydroxylation is 1. The first-order valence-electron chi connectivity index (χ1n) is 7.26. The minimum absolute atomic E-state index is 0.0782. The number of nitrogens with one attached hydrogen (secondary N) is 1. The number of aliphatic carboxylic acids is 1. The number of benzene rings is 1. The molecule has 5 heteroatoms. The predicted molar refractivity (Wildman–Crippen MR) is 77.9 cm³/mol. The van der Waals surface area contributed by atoms with E-state index in [-0.39, 0.29) is 11.9 Å². The minimum atomic E-state index is -1.00. The molecule has 0 saturated carbocycles. The van der Waals surface area contributed by atoms with Crippen LogP contribution in [0.3, 0.4) is 0 Å². The maximum absolute atomic E-state index is 12.2. The summed E-state index contributed by atoms with van der Waals surface area (Å²) in [6.45, 7) is 4.02. The number of carbonyl (C=O) groups excluding carboxylic acids is 1. The molecule has 0 aliphatic carbocycles. The third kappa shape index (κ3) is 3.82. The van der Waals surface area contributed by atoms with Crippen LogP contribution in [0.1, 0.15) is 43.4 Å². The number of hydrogen-bond acceptors (Lipinski definition) is 3. The van der Waals surface area contributed by atoms with E-state index >= 15 is 0 Å². The molecule has 1 heterocycles. The van der Waals surface area contributed by atoms with Gasteiger partial charge in [0, 0.05) is 0 Å². The number of hydrogen-bond donors (Lipinski definition) is 2. The Hall–Kier alpha value is -1.88. The molecule has 21 heavy (non-hydrogen) atoms. The number of carbonyl (C=O) groups is 2. The van der Waals surface area contributed by atoms with Crippen molar-refractivity contribution in [2.45, 2.75) is 51.4 Å². The molecule has 2 N–H and O–H groups in total. The Labute approximate surface area is 124 Å². The Bertz CT molecular complexity index is 512. The number of amides is 1. The van der Waals surface area contributed by atoms with Gasteiger partial charge in [-0.1, -0.05) is 36.8 Å². The smallest absolute Gasteiger partial charge is 0.332 e. The Morgan fingerprint density at radius 3 is 2.43 bits per heavy atom. The van der Waals surface area contributed by atoms with Crippen molar-refractivity contribution in [3.05, 3.63) is 35.4 Å². The van der Waals surface area contributed by atoms with Gasteiger partial charge in [0.15, 0.2) is 6.10 Å². The van der Waals surface area contributed by atoms with Crippen LogP contribution >= 0.6 is 0 Å². The lowest BCUT2D eigenvalue weighted by Gasteiger charge is -2.20. The first-order valence-corrected chi connectivity index (χ1v) is 7.26. The largest absolute Gasteiger partial charge is 0.479 e. The molecule has 1 aromatic rings. The van der Waals surface area contributed by atoms with Crippen molar-refractivity contribution < 1.29 is 19.4 Å². The van der Waals surface area contributed by atoms with Gasteiger partial charge in [-0.05, 0) is 31.7 Å². The Morgan fingerprint density at radius 1 is 1.29 bits per heavy atom. The molecular formula is C16H21NO4. The second kappa shape index (κ2) is 6.72. The Balaban J connectivity index is 1.97. The van der Waals surface area contributed by atoms with E-state index in [1.165, 1.54) is 5.56 Å². The van der Waals surface area contributed by atoms with Gasteiger partial charge in [0.25, 0.3) is 0 Å². The lowest BCUT2D eigenvalue weighted by Crippen LogP contribution is -2.37. The summed E-state index contributed by atoms with van der Waals surface area (Å²) >= 11 is 0. The summed E-state index contributed by atoms with van der Waals surface area (Å²) in [5, 5.41) is 11.8. The monoisotopic (exact) mass is 291 g/mol. The van der Waals surface area contributed by atoms with Crippen molar-refractivity contribution in [3.63, 3.8) is 0 Å². The van der Waals surface area contributed by atoms with Crippen LogP contribution < -0.4 is 5.32 Å². The average molecular weight is 291 g/mol. The zero-order valence-corrected chi connectivity index (χ0v) is 12.3. The molecule has 0 aromatic heterocycles. The van der Waals surface area contributed by atoms with Crippen LogP contribution in [0.25, 0.3) is 0 Å². The quantitative estimate of drug-likeness (QED) is 0.872. The lowest BCUT2D eigenvalue weighted by atomic mass is 10.0. The van der Waals surface area contributed by atoms with E-state index in [2.05, 4.69) is 5.32 Å². The zero-order valence-electron chi connectivity index (χ0n) is 12.3. The average Bonchev–Trinajstić information content (AvgIpc) is 2.96. The maximum Gasteiger partial charge on any atom is 0.332 e. The van der Waals surface area contributed by atoms with Crippen LogP contribution in [-0.2, 0) is 14.3 Å². The van der Waals surface area contributed by atoms with Crippen LogP contribution in [0.2, 0.25) is 0 Å². The van der Waals surface area contributed by atoms with Crippen molar-refractivity contribution in [2.24, 2.45) is 0 Å². The second-order valence-corrected chi connectivity index (χ2v) is 5.41. The Kier molecular flexibility index (Phi) is 4.96. The Morgan fingerprint density at radius 2 is 1.90 bits per heavy atom. The number of rotatable bonds is 5. The third-order valence-electron chi connectivity index (χ3n) is 3.79. The summed E-state index contributed by atoms with van der Waals surface area (Å²) in [6.07, 6.45) is 0.0805. The van der Waals surface area contributed by atoms with Crippen molar-refractivity contribution >= 4 is 11.9 Å². The minimum Gasteiger partial charge on any atom is -0.479 e. The molecule has 1 aliphatic heterocycles. The SMILES string of the molecule is CCC(NC(=O)C1CCC(C(=O)O)O1)c1ccc(C)cc1. The van der Waals surface area contributed by atoms with E-state index in [1.54, 1.807) is 0 Å². The fourth-order valence-corrected chi connectivity index (χ4v) is 2.50. The van der Waals surface area contributed by atoms with Gasteiger partial charge in [-0.15, -0.1) is 0 Å². The van der Waals surface area contributed by atoms with E-state index in [9.17, 15) is 9.59 Å². The van der Waals surface area contributed by atoms with Gasteiger partial charge in [-0.25, -0.2) is 4.79 Å². The standard InChI is InChI=1S/C16H21NO4/c1-3-12(11-6-4-10(2)5-7-11)17-15(18)13-8-9-14(21-13)16(19)20/h4-7,12-14H,3,8-9H2,1-2H3,(H,17,18)(H,19,20). The normalized spacial score (nSPS) is 22.8. The highest BCUT2D eigenvalue weighted by Crippen LogP contribution is 2.22. The molecule has 1 saturated heterocycles. The maximum atomic E-state index is 12.2. The van der Waals surface area contributed by atoms with E-state index in [1.807, 2.05) is 38.1 Å². The molecular weight excluding hydrogens is 270 g/mol.